The highest BCUT2D eigenvalue weighted by Crippen LogP contribution is 2.30. The molecule has 0 saturated heterocycles. The third-order valence-electron chi connectivity index (χ3n) is 3.53. The first-order valence-electron chi connectivity index (χ1n) is 6.18. The normalized spacial score (nSPS) is 24.0. The summed E-state index contributed by atoms with van der Waals surface area (Å²) < 4.78 is 13.1. The first-order chi connectivity index (χ1) is 8.49. The zero-order valence-electron chi connectivity index (χ0n) is 10.5. The Hall–Kier alpha value is -1.03. The lowest BCUT2D eigenvalue weighted by molar-refractivity contribution is 0.0852. The van der Waals surface area contributed by atoms with Gasteiger partial charge in [0.25, 0.3) is 0 Å². The van der Waals surface area contributed by atoms with Gasteiger partial charge in [0.1, 0.15) is 11.9 Å². The minimum atomic E-state index is -0.768. The number of nitrogens with zero attached hydrogens (tertiary/aromatic N) is 2. The SMILES string of the molecule is Cc1nc(Cl)c(C(=O)C2CCC(F)CC2)nc1C. The van der Waals surface area contributed by atoms with E-state index in [2.05, 4.69) is 9.97 Å². The lowest BCUT2D eigenvalue weighted by Gasteiger charge is -2.23. The van der Waals surface area contributed by atoms with E-state index in [0.717, 1.165) is 5.69 Å². The Morgan fingerprint density at radius 2 is 1.72 bits per heavy atom. The molecule has 0 bridgehead atoms. The molecule has 98 valence electrons. The Kier molecular flexibility index (Phi) is 3.95. The molecule has 1 heterocycles. The monoisotopic (exact) mass is 270 g/mol. The van der Waals surface area contributed by atoms with Crippen LogP contribution in [0.2, 0.25) is 5.15 Å². The van der Waals surface area contributed by atoms with Crippen LogP contribution in [0, 0.1) is 19.8 Å². The van der Waals surface area contributed by atoms with Crippen LogP contribution in [0.3, 0.4) is 0 Å². The van der Waals surface area contributed by atoms with Gasteiger partial charge in [0, 0.05) is 5.92 Å². The van der Waals surface area contributed by atoms with Gasteiger partial charge in [-0.25, -0.2) is 14.4 Å². The number of carbonyl (C=O) groups is 1. The molecule has 0 unspecified atom stereocenters. The van der Waals surface area contributed by atoms with Crippen molar-refractivity contribution in [2.45, 2.75) is 45.7 Å². The highest BCUT2D eigenvalue weighted by Gasteiger charge is 2.29. The van der Waals surface area contributed by atoms with Crippen LogP contribution in [0.25, 0.3) is 0 Å². The van der Waals surface area contributed by atoms with Gasteiger partial charge in [0.05, 0.1) is 11.4 Å². The predicted molar refractivity (Wildman–Crippen MR) is 67.7 cm³/mol. The molecule has 5 heteroatoms. The first-order valence-corrected chi connectivity index (χ1v) is 6.56. The Morgan fingerprint density at radius 3 is 2.33 bits per heavy atom. The second kappa shape index (κ2) is 5.31. The number of aryl methyl sites for hydroxylation is 2. The zero-order chi connectivity index (χ0) is 13.3. The molecule has 1 saturated carbocycles. The Labute approximate surface area is 111 Å². The Morgan fingerprint density at radius 1 is 1.17 bits per heavy atom. The van der Waals surface area contributed by atoms with E-state index in [1.807, 2.05) is 0 Å². The van der Waals surface area contributed by atoms with Crippen LogP contribution in [0.1, 0.15) is 47.6 Å². The molecule has 0 amide bonds. The summed E-state index contributed by atoms with van der Waals surface area (Å²) in [5.41, 5.74) is 1.67. The summed E-state index contributed by atoms with van der Waals surface area (Å²) in [5, 5.41) is 0.158. The highest BCUT2D eigenvalue weighted by molar-refractivity contribution is 6.32. The van der Waals surface area contributed by atoms with Crippen LogP contribution in [0.4, 0.5) is 4.39 Å². The van der Waals surface area contributed by atoms with E-state index in [4.69, 9.17) is 11.6 Å². The van der Waals surface area contributed by atoms with Gasteiger partial charge in [-0.3, -0.25) is 4.79 Å². The summed E-state index contributed by atoms with van der Waals surface area (Å²) in [4.78, 5) is 20.6. The van der Waals surface area contributed by atoms with Crippen molar-refractivity contribution in [2.24, 2.45) is 5.92 Å². The fraction of sp³-hybridized carbons (Fsp3) is 0.615. The van der Waals surface area contributed by atoms with E-state index >= 15 is 0 Å². The molecular formula is C13H16ClFN2O. The number of alkyl halides is 1. The lowest BCUT2D eigenvalue weighted by Crippen LogP contribution is -2.24. The molecule has 3 nitrogen and oxygen atoms in total. The van der Waals surface area contributed by atoms with Crippen molar-refractivity contribution in [1.82, 2.24) is 9.97 Å². The molecular weight excluding hydrogens is 255 g/mol. The van der Waals surface area contributed by atoms with Gasteiger partial charge in [-0.2, -0.15) is 0 Å². The van der Waals surface area contributed by atoms with Crippen molar-refractivity contribution < 1.29 is 9.18 Å². The number of aromatic nitrogens is 2. The maximum absolute atomic E-state index is 13.1. The van der Waals surface area contributed by atoms with Crippen LogP contribution < -0.4 is 0 Å². The summed E-state index contributed by atoms with van der Waals surface area (Å²) >= 11 is 5.98. The molecule has 1 aromatic heterocycles. The smallest absolute Gasteiger partial charge is 0.187 e. The molecule has 0 radical (unpaired) electrons. The minimum absolute atomic E-state index is 0.0949. The van der Waals surface area contributed by atoms with Gasteiger partial charge in [-0.15, -0.1) is 0 Å². The summed E-state index contributed by atoms with van der Waals surface area (Å²) in [5.74, 6) is -0.256. The number of halogens is 2. The third kappa shape index (κ3) is 2.69. The molecule has 1 aliphatic carbocycles. The maximum Gasteiger partial charge on any atom is 0.187 e. The van der Waals surface area contributed by atoms with Gasteiger partial charge in [-0.1, -0.05) is 11.6 Å². The largest absolute Gasteiger partial charge is 0.292 e. The van der Waals surface area contributed by atoms with E-state index in [9.17, 15) is 9.18 Å². The highest BCUT2D eigenvalue weighted by atomic mass is 35.5. The van der Waals surface area contributed by atoms with E-state index < -0.39 is 6.17 Å². The number of hydrogen-bond donors (Lipinski definition) is 0. The minimum Gasteiger partial charge on any atom is -0.292 e. The Balaban J connectivity index is 2.21. The van der Waals surface area contributed by atoms with Crippen LogP contribution in [0.5, 0.6) is 0 Å². The van der Waals surface area contributed by atoms with Crippen molar-refractivity contribution in [3.63, 3.8) is 0 Å². The van der Waals surface area contributed by atoms with Crippen LogP contribution >= 0.6 is 11.6 Å². The number of Topliss-reactive ketones (excluding diaryl/α,β-unsaturated/α-hetero) is 1. The van der Waals surface area contributed by atoms with Gasteiger partial charge in [0.15, 0.2) is 10.9 Å². The number of carbonyl (C=O) groups excluding carboxylic acids is 1. The van der Waals surface area contributed by atoms with E-state index in [0.29, 0.717) is 31.4 Å². The van der Waals surface area contributed by atoms with E-state index in [-0.39, 0.29) is 22.5 Å². The van der Waals surface area contributed by atoms with E-state index in [1.54, 1.807) is 13.8 Å². The fourth-order valence-electron chi connectivity index (χ4n) is 2.24. The van der Waals surface area contributed by atoms with Crippen molar-refractivity contribution in [3.8, 4) is 0 Å². The number of rotatable bonds is 2. The van der Waals surface area contributed by atoms with Gasteiger partial charge in [0.2, 0.25) is 0 Å². The fourth-order valence-corrected chi connectivity index (χ4v) is 2.50. The van der Waals surface area contributed by atoms with Crippen LogP contribution in [-0.4, -0.2) is 21.9 Å². The van der Waals surface area contributed by atoms with Crippen LogP contribution in [0.15, 0.2) is 0 Å². The molecule has 0 aromatic carbocycles. The first kappa shape index (κ1) is 13.4. The molecule has 1 aliphatic rings. The predicted octanol–water partition coefficient (Wildman–Crippen LogP) is 3.46. The molecule has 2 rings (SSSR count). The van der Waals surface area contributed by atoms with E-state index in [1.165, 1.54) is 0 Å². The molecule has 0 atom stereocenters. The van der Waals surface area contributed by atoms with Crippen molar-refractivity contribution in [2.75, 3.05) is 0 Å². The molecule has 1 fully saturated rings. The molecule has 0 spiro atoms. The van der Waals surface area contributed by atoms with Gasteiger partial charge < -0.3 is 0 Å². The van der Waals surface area contributed by atoms with Crippen molar-refractivity contribution >= 4 is 17.4 Å². The van der Waals surface area contributed by atoms with Crippen LogP contribution in [-0.2, 0) is 0 Å². The summed E-state index contributed by atoms with van der Waals surface area (Å²) in [7, 11) is 0. The summed E-state index contributed by atoms with van der Waals surface area (Å²) in [6.07, 6.45) is 1.28. The lowest BCUT2D eigenvalue weighted by atomic mass is 9.84. The summed E-state index contributed by atoms with van der Waals surface area (Å²) in [6.45, 7) is 3.60. The maximum atomic E-state index is 13.1. The third-order valence-corrected chi connectivity index (χ3v) is 3.79. The zero-order valence-corrected chi connectivity index (χ0v) is 11.3. The molecule has 0 N–H and O–H groups in total. The second-order valence-corrected chi connectivity index (χ2v) is 5.21. The van der Waals surface area contributed by atoms with Crippen molar-refractivity contribution in [3.05, 3.63) is 22.2 Å². The summed E-state index contributed by atoms with van der Waals surface area (Å²) in [6, 6.07) is 0. The molecule has 18 heavy (non-hydrogen) atoms. The molecule has 1 aromatic rings. The van der Waals surface area contributed by atoms with Gasteiger partial charge in [-0.05, 0) is 39.5 Å². The quantitative estimate of drug-likeness (QED) is 0.773. The number of hydrogen-bond acceptors (Lipinski definition) is 3. The standard InChI is InChI=1S/C13H16ClFN2O/c1-7-8(2)17-13(14)11(16-7)12(18)9-3-5-10(15)6-4-9/h9-10H,3-6H2,1-2H3. The van der Waals surface area contributed by atoms with Gasteiger partial charge >= 0.3 is 0 Å². The second-order valence-electron chi connectivity index (χ2n) is 4.85. The average molecular weight is 271 g/mol. The topological polar surface area (TPSA) is 42.9 Å². The molecule has 0 aliphatic heterocycles. The average Bonchev–Trinajstić information content (AvgIpc) is 2.34. The van der Waals surface area contributed by atoms with Crippen molar-refractivity contribution in [1.29, 1.82) is 0 Å². The number of ketones is 1. The Bertz CT molecular complexity index is 470.